The first-order valence-corrected chi connectivity index (χ1v) is 21.6. The summed E-state index contributed by atoms with van der Waals surface area (Å²) in [6.45, 7) is 8.82. The summed E-state index contributed by atoms with van der Waals surface area (Å²) in [5.41, 5.74) is -0.466. The van der Waals surface area contributed by atoms with Crippen molar-refractivity contribution in [1.82, 2.24) is 14.8 Å². The van der Waals surface area contributed by atoms with E-state index in [2.05, 4.69) is 20.9 Å². The van der Waals surface area contributed by atoms with Crippen LogP contribution in [0.1, 0.15) is 74.4 Å². The summed E-state index contributed by atoms with van der Waals surface area (Å²) in [6.07, 6.45) is 4.54. The first-order chi connectivity index (χ1) is 29.0. The zero-order valence-corrected chi connectivity index (χ0v) is 36.4. The van der Waals surface area contributed by atoms with Crippen molar-refractivity contribution < 1.29 is 47.2 Å². The Morgan fingerprint density at radius 3 is 2.44 bits per heavy atom. The van der Waals surface area contributed by atoms with Gasteiger partial charge in [0.15, 0.2) is 6.10 Å². The van der Waals surface area contributed by atoms with Crippen LogP contribution in [0.15, 0.2) is 42.5 Å². The van der Waals surface area contributed by atoms with Crippen LogP contribution in [0.2, 0.25) is 0 Å². The van der Waals surface area contributed by atoms with Crippen molar-refractivity contribution in [2.45, 2.75) is 100 Å². The highest BCUT2D eigenvalue weighted by molar-refractivity contribution is 5.95. The Morgan fingerprint density at radius 1 is 1.02 bits per heavy atom. The van der Waals surface area contributed by atoms with E-state index in [1.165, 1.54) is 21.1 Å². The molecule has 2 saturated heterocycles. The molecule has 12 nitrogen and oxygen atoms in total. The number of aliphatic hydroxyl groups is 1. The molecule has 61 heavy (non-hydrogen) atoms. The molecular weight excluding hydrogens is 787 g/mol. The number of aromatic nitrogens is 1. The maximum atomic E-state index is 15.4. The Bertz CT molecular complexity index is 2340. The summed E-state index contributed by atoms with van der Waals surface area (Å²) in [5, 5.41) is 14.3. The second-order valence-corrected chi connectivity index (χ2v) is 18.8. The lowest BCUT2D eigenvalue weighted by molar-refractivity contribution is -0.228. The number of halogens is 2. The van der Waals surface area contributed by atoms with Crippen LogP contribution < -0.4 is 9.64 Å². The van der Waals surface area contributed by atoms with Crippen LogP contribution in [-0.2, 0) is 45.8 Å². The van der Waals surface area contributed by atoms with Crippen molar-refractivity contribution in [3.05, 3.63) is 70.4 Å². The van der Waals surface area contributed by atoms with Crippen molar-refractivity contribution in [2.24, 2.45) is 17.3 Å². The number of nitrogens with one attached hydrogen (secondary N) is 1. The summed E-state index contributed by atoms with van der Waals surface area (Å²) in [5.74, 6) is -5.91. The maximum Gasteiger partial charge on any atom is 0.344 e. The third-order valence-electron chi connectivity index (χ3n) is 15.8. The number of aryl methyl sites for hydroxylation is 1. The molecule has 0 amide bonds. The highest BCUT2D eigenvalue weighted by Crippen LogP contribution is 2.68. The van der Waals surface area contributed by atoms with Crippen molar-refractivity contribution in [3.8, 4) is 5.75 Å². The van der Waals surface area contributed by atoms with Crippen molar-refractivity contribution >= 4 is 34.5 Å². The lowest BCUT2D eigenvalue weighted by Gasteiger charge is -2.63. The third-order valence-corrected chi connectivity index (χ3v) is 15.8. The zero-order chi connectivity index (χ0) is 43.6. The number of hydrogen-bond donors (Lipinski definition) is 2. The van der Waals surface area contributed by atoms with Gasteiger partial charge in [-0.05, 0) is 87.7 Å². The number of benzene rings is 2. The summed E-state index contributed by atoms with van der Waals surface area (Å²) < 4.78 is 54.6. The Kier molecular flexibility index (Phi) is 9.77. The van der Waals surface area contributed by atoms with E-state index in [9.17, 15) is 14.7 Å². The molecule has 10 atom stereocenters. The van der Waals surface area contributed by atoms with Crippen LogP contribution in [0.5, 0.6) is 5.75 Å². The summed E-state index contributed by atoms with van der Waals surface area (Å²) >= 11 is 0. The third kappa shape index (κ3) is 5.59. The minimum absolute atomic E-state index is 0.154. The van der Waals surface area contributed by atoms with Crippen LogP contribution in [0.3, 0.4) is 0 Å². The van der Waals surface area contributed by atoms with Gasteiger partial charge in [-0.15, -0.1) is 0 Å². The van der Waals surface area contributed by atoms with Gasteiger partial charge in [0.05, 0.1) is 27.4 Å². The van der Waals surface area contributed by atoms with Crippen molar-refractivity contribution in [2.75, 3.05) is 66.0 Å². The number of anilines is 1. The number of likely N-dealkylation sites (N-methyl/N-ethyl adjacent to an activating group) is 1. The number of piperidine rings is 1. The molecule has 2 N–H and O–H groups in total. The van der Waals surface area contributed by atoms with Crippen LogP contribution in [-0.4, -0.2) is 129 Å². The molecule has 5 aliphatic heterocycles. The van der Waals surface area contributed by atoms with Gasteiger partial charge in [0, 0.05) is 96.9 Å². The molecule has 14 heteroatoms. The molecule has 1 spiro atoms. The molecule has 0 radical (unpaired) electrons. The van der Waals surface area contributed by atoms with Gasteiger partial charge in [0.2, 0.25) is 11.5 Å². The molecular formula is C47H58F2N4O8. The predicted octanol–water partition coefficient (Wildman–Crippen LogP) is 5.43. The van der Waals surface area contributed by atoms with E-state index in [0.717, 1.165) is 34.5 Å². The monoisotopic (exact) mass is 844 g/mol. The first kappa shape index (κ1) is 41.8. The number of carbonyl (C=O) groups is 3. The normalized spacial score (nSPS) is 35.2. The Hall–Kier alpha value is -4.53. The largest absolute Gasteiger partial charge is 0.496 e. The summed E-state index contributed by atoms with van der Waals surface area (Å²) in [7, 11) is 5.97. The number of hydrogen-bond acceptors (Lipinski definition) is 11. The molecule has 2 bridgehead atoms. The van der Waals surface area contributed by atoms with Crippen LogP contribution in [0, 0.1) is 24.2 Å². The van der Waals surface area contributed by atoms with Gasteiger partial charge in [-0.2, -0.15) is 0 Å². The number of methoxy groups -OCH3 is 3. The zero-order valence-electron chi connectivity index (χ0n) is 36.4. The average molecular weight is 845 g/mol. The smallest absolute Gasteiger partial charge is 0.344 e. The molecule has 1 aliphatic carbocycles. The molecule has 1 saturated carbocycles. The van der Waals surface area contributed by atoms with Gasteiger partial charge in [-0.25, -0.2) is 13.6 Å². The molecule has 2 unspecified atom stereocenters. The fourth-order valence-corrected chi connectivity index (χ4v) is 13.6. The standard InChI is InChI=1S/C47H58F2N4O8/c1-9-44-14-10-16-53-18-15-45(38(44)53)32-21-33(36(58-6)22-35(32)51(5)39(45)47(57,42(56)60-8)40(44)61-27(3)54)46(41(55)59-7)23-28-20-29(43(4,48)49)25-52(24-28)17-13-30-31-19-26(2)11-12-34(31)50-37(30)46/h10-12,14,19,21-22,28-29,38-40,50,57H,9,13,15-18,20,23-25H2,1-8H3/t28-,29?,38+,39-,40-,44-,45-,46+,47+/m1/s1. The molecule has 1 aromatic heterocycles. The van der Waals surface area contributed by atoms with E-state index in [4.69, 9.17) is 18.9 Å². The molecule has 6 heterocycles. The second-order valence-electron chi connectivity index (χ2n) is 18.8. The van der Waals surface area contributed by atoms with Gasteiger partial charge >= 0.3 is 17.9 Å². The number of ether oxygens (including phenoxy) is 4. The molecule has 3 fully saturated rings. The lowest BCUT2D eigenvalue weighted by Crippen LogP contribution is -2.81. The van der Waals surface area contributed by atoms with Gasteiger partial charge < -0.3 is 38.8 Å². The van der Waals surface area contributed by atoms with E-state index in [0.29, 0.717) is 68.1 Å². The van der Waals surface area contributed by atoms with Crippen molar-refractivity contribution in [3.63, 3.8) is 0 Å². The molecule has 9 rings (SSSR count). The average Bonchev–Trinajstić information content (AvgIpc) is 3.89. The van der Waals surface area contributed by atoms with Gasteiger partial charge in [0.25, 0.3) is 0 Å². The predicted molar refractivity (Wildman–Crippen MR) is 224 cm³/mol. The number of nitrogens with zero attached hydrogens (tertiary/aromatic N) is 3. The second kappa shape index (κ2) is 14.2. The topological polar surface area (TPSA) is 134 Å². The number of H-pyrrole nitrogens is 1. The Morgan fingerprint density at radius 2 is 1.77 bits per heavy atom. The van der Waals surface area contributed by atoms with Crippen LogP contribution in [0.25, 0.3) is 10.9 Å². The van der Waals surface area contributed by atoms with E-state index in [1.54, 1.807) is 7.11 Å². The molecule has 328 valence electrons. The molecule has 3 aromatic rings. The highest BCUT2D eigenvalue weighted by Gasteiger charge is 2.80. The van der Waals surface area contributed by atoms with E-state index in [1.807, 2.05) is 62.2 Å². The summed E-state index contributed by atoms with van der Waals surface area (Å²) in [4.78, 5) is 52.9. The number of fused-ring (bicyclic) bond motifs is 6. The minimum Gasteiger partial charge on any atom is -0.496 e. The fourth-order valence-electron chi connectivity index (χ4n) is 13.6. The van der Waals surface area contributed by atoms with Crippen LogP contribution in [0.4, 0.5) is 14.5 Å². The van der Waals surface area contributed by atoms with E-state index in [-0.39, 0.29) is 31.3 Å². The number of esters is 3. The van der Waals surface area contributed by atoms with Gasteiger partial charge in [-0.3, -0.25) is 14.5 Å². The minimum atomic E-state index is -2.93. The van der Waals surface area contributed by atoms with E-state index < -0.39 is 63.7 Å². The van der Waals surface area contributed by atoms with Crippen LogP contribution >= 0.6 is 0 Å². The fraction of sp³-hybridized carbons (Fsp3) is 0.596. The van der Waals surface area contributed by atoms with E-state index >= 15 is 13.6 Å². The van der Waals surface area contributed by atoms with Crippen molar-refractivity contribution in [1.29, 1.82) is 0 Å². The molecule has 6 aliphatic rings. The SMILES string of the molecule is CC[C@]12C=CCN3CC[C@@]4(c5cc([C@@]6(C(=O)OC)C[C@H]7CC(C(C)(F)F)CN(CCc8c6[nH]c6ccc(C)cc86)C7)c(OC)cc5N(C)[C@H]4[C@@](O)(C(=O)OC)[C@@H]1OC(C)=O)[C@@H]32. The first-order valence-electron chi connectivity index (χ1n) is 21.6. The Balaban J connectivity index is 1.36. The highest BCUT2D eigenvalue weighted by atomic mass is 19.3. The molecule has 2 aromatic carbocycles. The number of carbonyl (C=O) groups excluding carboxylic acids is 3. The van der Waals surface area contributed by atoms with Gasteiger partial charge in [0.1, 0.15) is 11.2 Å². The lowest BCUT2D eigenvalue weighted by atomic mass is 9.47. The Labute approximate surface area is 355 Å². The quantitative estimate of drug-likeness (QED) is 0.179. The summed E-state index contributed by atoms with van der Waals surface area (Å²) in [6, 6.07) is 8.71. The number of alkyl halides is 2. The number of rotatable bonds is 7. The van der Waals surface area contributed by atoms with Gasteiger partial charge in [-0.1, -0.05) is 30.7 Å². The number of aromatic amines is 1. The maximum absolute atomic E-state index is 15.4.